The molecule has 1 saturated heterocycles. The topological polar surface area (TPSA) is 97.5 Å². The number of nitrogens with zero attached hydrogens (tertiary/aromatic N) is 2. The highest BCUT2D eigenvalue weighted by Crippen LogP contribution is 2.35. The number of aryl methyl sites for hydroxylation is 1. The van der Waals surface area contributed by atoms with Crippen molar-refractivity contribution in [2.24, 2.45) is 5.92 Å². The van der Waals surface area contributed by atoms with E-state index >= 15 is 0 Å². The maximum atomic E-state index is 13.7. The van der Waals surface area contributed by atoms with Gasteiger partial charge in [0.15, 0.2) is 0 Å². The van der Waals surface area contributed by atoms with Crippen molar-refractivity contribution in [3.05, 3.63) is 46.5 Å². The van der Waals surface area contributed by atoms with Gasteiger partial charge in [0.25, 0.3) is 5.91 Å². The van der Waals surface area contributed by atoms with E-state index in [2.05, 4.69) is 15.6 Å². The third-order valence-electron chi connectivity index (χ3n) is 6.30. The minimum atomic E-state index is -0.415. The van der Waals surface area contributed by atoms with Gasteiger partial charge in [-0.15, -0.1) is 0 Å². The Morgan fingerprint density at radius 2 is 1.91 bits per heavy atom. The number of likely N-dealkylation sites (tertiary alicyclic amines) is 1. The van der Waals surface area contributed by atoms with Crippen LogP contribution in [0.5, 0.6) is 0 Å². The Hall–Kier alpha value is -3.62. The molecule has 3 N–H and O–H groups in total. The summed E-state index contributed by atoms with van der Waals surface area (Å²) >= 11 is 0. The molecule has 0 spiro atoms. The Labute approximate surface area is 191 Å². The number of carbonyl (C=O) groups excluding carboxylic acids is 3. The van der Waals surface area contributed by atoms with E-state index in [-0.39, 0.29) is 23.8 Å². The number of halogens is 1. The van der Waals surface area contributed by atoms with Gasteiger partial charge in [-0.05, 0) is 56.5 Å². The number of hydrogen-bond acceptors (Lipinski definition) is 3. The zero-order chi connectivity index (χ0) is 23.9. The fourth-order valence-corrected chi connectivity index (χ4v) is 4.39. The molecule has 33 heavy (non-hydrogen) atoms. The third-order valence-corrected chi connectivity index (χ3v) is 6.30. The van der Waals surface area contributed by atoms with Crippen LogP contribution in [-0.4, -0.2) is 59.8 Å². The number of aromatic amines is 1. The van der Waals surface area contributed by atoms with Crippen LogP contribution in [-0.2, 0) is 9.59 Å². The number of urea groups is 1. The normalized spacial score (nSPS) is 17.2. The molecule has 0 atom stereocenters. The smallest absolute Gasteiger partial charge is 0.319 e. The van der Waals surface area contributed by atoms with Gasteiger partial charge in [-0.1, -0.05) is 0 Å². The molecular weight excluding hydrogens is 425 g/mol. The molecule has 174 valence electrons. The van der Waals surface area contributed by atoms with E-state index in [1.165, 1.54) is 12.1 Å². The average Bonchev–Trinajstić information content (AvgIpc) is 3.23. The first-order chi connectivity index (χ1) is 15.7. The number of anilines is 2. The molecule has 0 bridgehead atoms. The number of rotatable bonds is 3. The number of H-pyrrole nitrogens is 1. The molecule has 4 rings (SSSR count). The maximum Gasteiger partial charge on any atom is 0.319 e. The van der Waals surface area contributed by atoms with Gasteiger partial charge in [0.1, 0.15) is 5.82 Å². The first-order valence-electron chi connectivity index (χ1n) is 10.9. The third kappa shape index (κ3) is 4.35. The van der Waals surface area contributed by atoms with Gasteiger partial charge < -0.3 is 25.4 Å². The van der Waals surface area contributed by atoms with Gasteiger partial charge in [-0.3, -0.25) is 9.59 Å². The summed E-state index contributed by atoms with van der Waals surface area (Å²) < 4.78 is 13.7. The molecule has 0 saturated carbocycles. The average molecular weight is 454 g/mol. The molecule has 1 fully saturated rings. The van der Waals surface area contributed by atoms with Crippen LogP contribution in [0.25, 0.3) is 11.6 Å². The van der Waals surface area contributed by atoms with E-state index in [0.29, 0.717) is 54.1 Å². The van der Waals surface area contributed by atoms with Crippen LogP contribution < -0.4 is 10.6 Å². The summed E-state index contributed by atoms with van der Waals surface area (Å²) in [7, 11) is 3.44. The zero-order valence-corrected chi connectivity index (χ0v) is 19.2. The number of fused-ring (bicyclic) bond motifs is 1. The fourth-order valence-electron chi connectivity index (χ4n) is 4.39. The quantitative estimate of drug-likeness (QED) is 0.620. The molecule has 4 amide bonds. The van der Waals surface area contributed by atoms with E-state index in [1.54, 1.807) is 36.0 Å². The Bertz CT molecular complexity index is 1160. The van der Waals surface area contributed by atoms with E-state index < -0.39 is 5.82 Å². The molecule has 0 unspecified atom stereocenters. The molecule has 8 nitrogen and oxygen atoms in total. The minimum absolute atomic E-state index is 0.0405. The van der Waals surface area contributed by atoms with Gasteiger partial charge >= 0.3 is 6.03 Å². The molecule has 3 heterocycles. The molecule has 2 aliphatic heterocycles. The number of piperidine rings is 1. The maximum absolute atomic E-state index is 13.7. The molecule has 2 aromatic rings. The standard InChI is InChI=1S/C24H28FN5O3/c1-13-20(12-18-17-11-16(25)5-6-19(17)27-23(18)32)26-14(2)21(13)28-22(31)15-7-9-30(10-8-15)24(33)29(3)4/h5-6,11-12,15,26H,7-10H2,1-4H3,(H,27,32)(H,28,31)/b18-12-. The van der Waals surface area contributed by atoms with E-state index in [0.717, 1.165) is 11.3 Å². The van der Waals surface area contributed by atoms with Gasteiger partial charge in [-0.25, -0.2) is 9.18 Å². The van der Waals surface area contributed by atoms with Crippen LogP contribution in [0.15, 0.2) is 18.2 Å². The van der Waals surface area contributed by atoms with Crippen molar-refractivity contribution in [2.45, 2.75) is 26.7 Å². The summed E-state index contributed by atoms with van der Waals surface area (Å²) in [6.07, 6.45) is 2.89. The number of benzene rings is 1. The van der Waals surface area contributed by atoms with E-state index in [9.17, 15) is 18.8 Å². The lowest BCUT2D eigenvalue weighted by molar-refractivity contribution is -0.121. The highest BCUT2D eigenvalue weighted by Gasteiger charge is 2.29. The Morgan fingerprint density at radius 3 is 2.58 bits per heavy atom. The molecule has 1 aromatic heterocycles. The van der Waals surface area contributed by atoms with Crippen molar-refractivity contribution in [1.82, 2.24) is 14.8 Å². The summed E-state index contributed by atoms with van der Waals surface area (Å²) in [5, 5.41) is 5.77. The molecule has 0 radical (unpaired) electrons. The van der Waals surface area contributed by atoms with Crippen molar-refractivity contribution in [3.63, 3.8) is 0 Å². The monoisotopic (exact) mass is 453 g/mol. The lowest BCUT2D eigenvalue weighted by Gasteiger charge is -2.33. The number of hydrogen-bond donors (Lipinski definition) is 3. The van der Waals surface area contributed by atoms with Crippen LogP contribution in [0, 0.1) is 25.6 Å². The van der Waals surface area contributed by atoms with E-state index in [1.807, 2.05) is 13.8 Å². The zero-order valence-electron chi connectivity index (χ0n) is 19.2. The Morgan fingerprint density at radius 1 is 1.21 bits per heavy atom. The summed E-state index contributed by atoms with van der Waals surface area (Å²) in [5.41, 5.74) is 4.37. The number of nitrogens with one attached hydrogen (secondary N) is 3. The first-order valence-corrected chi connectivity index (χ1v) is 10.9. The van der Waals surface area contributed by atoms with Crippen molar-refractivity contribution < 1.29 is 18.8 Å². The minimum Gasteiger partial charge on any atom is -0.357 e. The lowest BCUT2D eigenvalue weighted by atomic mass is 9.96. The molecule has 2 aliphatic rings. The number of amides is 4. The van der Waals surface area contributed by atoms with Crippen molar-refractivity contribution in [1.29, 1.82) is 0 Å². The van der Waals surface area contributed by atoms with Crippen LogP contribution in [0.1, 0.15) is 35.4 Å². The number of aromatic nitrogens is 1. The second kappa shape index (κ2) is 8.73. The highest BCUT2D eigenvalue weighted by atomic mass is 19.1. The van der Waals surface area contributed by atoms with E-state index in [4.69, 9.17) is 0 Å². The van der Waals surface area contributed by atoms with Crippen molar-refractivity contribution in [2.75, 3.05) is 37.8 Å². The Kier molecular flexibility index (Phi) is 5.97. The highest BCUT2D eigenvalue weighted by molar-refractivity contribution is 6.34. The largest absolute Gasteiger partial charge is 0.357 e. The van der Waals surface area contributed by atoms with Gasteiger partial charge in [0, 0.05) is 55.7 Å². The molecular formula is C24H28FN5O3. The van der Waals surface area contributed by atoms with Gasteiger partial charge in [-0.2, -0.15) is 0 Å². The lowest BCUT2D eigenvalue weighted by Crippen LogP contribution is -2.45. The van der Waals surface area contributed by atoms with Crippen molar-refractivity contribution in [3.8, 4) is 0 Å². The Balaban J connectivity index is 1.50. The summed E-state index contributed by atoms with van der Waals surface area (Å²) in [5.74, 6) is -0.974. The summed E-state index contributed by atoms with van der Waals surface area (Å²) in [6, 6.07) is 4.14. The first kappa shape index (κ1) is 22.6. The summed E-state index contributed by atoms with van der Waals surface area (Å²) in [6.45, 7) is 4.81. The molecule has 1 aromatic carbocycles. The van der Waals surface area contributed by atoms with Crippen LogP contribution in [0.3, 0.4) is 0 Å². The predicted molar refractivity (Wildman–Crippen MR) is 125 cm³/mol. The van der Waals surface area contributed by atoms with Crippen LogP contribution >= 0.6 is 0 Å². The van der Waals surface area contributed by atoms with Crippen LogP contribution in [0.4, 0.5) is 20.6 Å². The SMILES string of the molecule is Cc1[nH]c(/C=C2\C(=O)Nc3ccc(F)cc32)c(C)c1NC(=O)C1CCN(C(=O)N(C)C)CC1. The van der Waals surface area contributed by atoms with Gasteiger partial charge in [0.05, 0.1) is 11.3 Å². The molecule has 9 heteroatoms. The second-order valence-corrected chi connectivity index (χ2v) is 8.79. The number of carbonyl (C=O) groups is 3. The van der Waals surface area contributed by atoms with Crippen LogP contribution in [0.2, 0.25) is 0 Å². The van der Waals surface area contributed by atoms with Gasteiger partial charge in [0.2, 0.25) is 5.91 Å². The predicted octanol–water partition coefficient (Wildman–Crippen LogP) is 3.60. The fraction of sp³-hybridized carbons (Fsp3) is 0.375. The van der Waals surface area contributed by atoms with Crippen molar-refractivity contribution >= 4 is 40.9 Å². The molecule has 0 aliphatic carbocycles. The second-order valence-electron chi connectivity index (χ2n) is 8.79. The summed E-state index contributed by atoms with van der Waals surface area (Å²) in [4.78, 5) is 44.0.